The molecular weight excluding hydrogens is 480 g/mol. The Morgan fingerprint density at radius 3 is 2.54 bits per heavy atom. The molecule has 9 heteroatoms. The number of primary amides is 1. The van der Waals surface area contributed by atoms with Crippen LogP contribution in [-0.2, 0) is 0 Å². The van der Waals surface area contributed by atoms with Crippen LogP contribution in [0.5, 0.6) is 0 Å². The highest BCUT2D eigenvalue weighted by Gasteiger charge is 2.24. The number of halogens is 1. The van der Waals surface area contributed by atoms with Gasteiger partial charge in [-0.15, -0.1) is 6.42 Å². The minimum atomic E-state index is -0.721. The highest BCUT2D eigenvalue weighted by molar-refractivity contribution is 7.21. The molecule has 0 spiro atoms. The lowest BCUT2D eigenvalue weighted by Gasteiger charge is -2.12. The number of rotatable bonds is 4. The summed E-state index contributed by atoms with van der Waals surface area (Å²) in [4.78, 5) is 31.2. The average molecular weight is 493 g/mol. The molecule has 0 bridgehead atoms. The Kier molecular flexibility index (Phi) is 5.68. The second kappa shape index (κ2) is 8.96. The molecule has 166 valence electrons. The highest BCUT2D eigenvalue weighted by Crippen LogP contribution is 2.36. The SMILES string of the molecule is C#Cc1ccccc1-c1cc(C#N)nc(-c2nc3ncc(-c4ccc(Cl)cc4)nc3s2)c1C(N)=O. The molecular formula is C26H13ClN6OS. The largest absolute Gasteiger partial charge is 0.366 e. The van der Waals surface area contributed by atoms with Gasteiger partial charge in [-0.1, -0.05) is 59.2 Å². The molecule has 7 nitrogen and oxygen atoms in total. The van der Waals surface area contributed by atoms with Crippen molar-refractivity contribution in [1.82, 2.24) is 19.9 Å². The molecule has 0 aliphatic rings. The molecule has 0 radical (unpaired) electrons. The van der Waals surface area contributed by atoms with Gasteiger partial charge in [0.1, 0.15) is 22.5 Å². The minimum absolute atomic E-state index is 0.0915. The summed E-state index contributed by atoms with van der Waals surface area (Å²) < 4.78 is 0. The van der Waals surface area contributed by atoms with Gasteiger partial charge in [0.15, 0.2) is 10.5 Å². The zero-order chi connectivity index (χ0) is 24.5. The lowest BCUT2D eigenvalue weighted by molar-refractivity contribution is 0.100. The van der Waals surface area contributed by atoms with Gasteiger partial charge in [-0.2, -0.15) is 5.26 Å². The van der Waals surface area contributed by atoms with E-state index in [9.17, 15) is 10.1 Å². The average Bonchev–Trinajstić information content (AvgIpc) is 3.31. The number of carbonyl (C=O) groups excluding carboxylic acids is 1. The van der Waals surface area contributed by atoms with Gasteiger partial charge in [0, 0.05) is 21.7 Å². The van der Waals surface area contributed by atoms with Gasteiger partial charge in [-0.05, 0) is 29.8 Å². The number of pyridine rings is 1. The van der Waals surface area contributed by atoms with E-state index in [0.29, 0.717) is 42.9 Å². The van der Waals surface area contributed by atoms with Crippen LogP contribution in [0.1, 0.15) is 21.6 Å². The summed E-state index contributed by atoms with van der Waals surface area (Å²) in [7, 11) is 0. The lowest BCUT2D eigenvalue weighted by atomic mass is 9.94. The molecule has 0 aliphatic carbocycles. The maximum Gasteiger partial charge on any atom is 0.251 e. The molecule has 1 amide bonds. The van der Waals surface area contributed by atoms with E-state index in [1.807, 2.05) is 18.2 Å². The number of nitriles is 1. The van der Waals surface area contributed by atoms with E-state index in [-0.39, 0.29) is 17.0 Å². The Morgan fingerprint density at radius 1 is 1.06 bits per heavy atom. The van der Waals surface area contributed by atoms with E-state index in [2.05, 4.69) is 25.9 Å². The molecule has 0 atom stereocenters. The van der Waals surface area contributed by atoms with Crippen LogP contribution in [0.2, 0.25) is 5.02 Å². The molecule has 0 aliphatic heterocycles. The summed E-state index contributed by atoms with van der Waals surface area (Å²) in [6, 6.07) is 17.9. The normalized spacial score (nSPS) is 10.6. The second-order valence-electron chi connectivity index (χ2n) is 7.35. The number of fused-ring (bicyclic) bond motifs is 1. The van der Waals surface area contributed by atoms with Gasteiger partial charge in [-0.3, -0.25) is 4.79 Å². The Balaban J connectivity index is 1.72. The van der Waals surface area contributed by atoms with E-state index in [1.54, 1.807) is 42.6 Å². The summed E-state index contributed by atoms with van der Waals surface area (Å²) in [5.74, 6) is 1.89. The summed E-state index contributed by atoms with van der Waals surface area (Å²) in [6.07, 6.45) is 7.28. The third-order valence-electron chi connectivity index (χ3n) is 5.22. The zero-order valence-corrected chi connectivity index (χ0v) is 19.4. The molecule has 5 aromatic rings. The van der Waals surface area contributed by atoms with Gasteiger partial charge in [0.2, 0.25) is 0 Å². The van der Waals surface area contributed by atoms with Crippen molar-refractivity contribution in [2.45, 2.75) is 0 Å². The number of nitrogens with two attached hydrogens (primary N) is 1. The van der Waals surface area contributed by atoms with Crippen LogP contribution in [0.4, 0.5) is 0 Å². The number of aromatic nitrogens is 4. The molecule has 3 heterocycles. The Labute approximate surface area is 208 Å². The Bertz CT molecular complexity index is 1710. The third kappa shape index (κ3) is 4.09. The Hall–Kier alpha value is -4.63. The van der Waals surface area contributed by atoms with Crippen LogP contribution in [0.25, 0.3) is 43.6 Å². The van der Waals surface area contributed by atoms with Crippen molar-refractivity contribution in [2.75, 3.05) is 0 Å². The van der Waals surface area contributed by atoms with Crippen LogP contribution in [-0.4, -0.2) is 25.8 Å². The van der Waals surface area contributed by atoms with Gasteiger partial charge >= 0.3 is 0 Å². The molecule has 5 rings (SSSR count). The number of hydrogen-bond acceptors (Lipinski definition) is 7. The summed E-state index contributed by atoms with van der Waals surface area (Å²) in [5, 5.41) is 10.6. The van der Waals surface area contributed by atoms with Crippen molar-refractivity contribution in [2.24, 2.45) is 5.73 Å². The van der Waals surface area contributed by atoms with Gasteiger partial charge in [0.05, 0.1) is 17.5 Å². The van der Waals surface area contributed by atoms with Crippen LogP contribution in [0.3, 0.4) is 0 Å². The monoisotopic (exact) mass is 492 g/mol. The number of nitrogens with zero attached hydrogens (tertiary/aromatic N) is 5. The highest BCUT2D eigenvalue weighted by atomic mass is 35.5. The van der Waals surface area contributed by atoms with Crippen LogP contribution in [0.15, 0.2) is 60.8 Å². The van der Waals surface area contributed by atoms with E-state index in [0.717, 1.165) is 5.56 Å². The number of carbonyl (C=O) groups is 1. The predicted molar refractivity (Wildman–Crippen MR) is 135 cm³/mol. The molecule has 2 N–H and O–H groups in total. The molecule has 0 saturated heterocycles. The van der Waals surface area contributed by atoms with Crippen molar-refractivity contribution in [1.29, 1.82) is 5.26 Å². The van der Waals surface area contributed by atoms with Crippen molar-refractivity contribution in [3.8, 4) is 51.5 Å². The van der Waals surface area contributed by atoms with E-state index in [1.165, 1.54) is 17.4 Å². The van der Waals surface area contributed by atoms with Crippen LogP contribution in [0, 0.1) is 23.7 Å². The lowest BCUT2D eigenvalue weighted by Crippen LogP contribution is -2.16. The van der Waals surface area contributed by atoms with Crippen LogP contribution < -0.4 is 5.73 Å². The first-order chi connectivity index (χ1) is 17.0. The first-order valence-electron chi connectivity index (χ1n) is 10.2. The predicted octanol–water partition coefficient (Wildman–Crippen LogP) is 5.09. The van der Waals surface area contributed by atoms with Crippen molar-refractivity contribution < 1.29 is 4.79 Å². The second-order valence-corrected chi connectivity index (χ2v) is 8.77. The Morgan fingerprint density at radius 2 is 1.83 bits per heavy atom. The first kappa shape index (κ1) is 22.2. The number of terminal acetylenes is 1. The van der Waals surface area contributed by atoms with E-state index in [4.69, 9.17) is 23.8 Å². The quantitative estimate of drug-likeness (QED) is 0.349. The molecule has 0 fully saturated rings. The van der Waals surface area contributed by atoms with Crippen LogP contribution >= 0.6 is 22.9 Å². The smallest absolute Gasteiger partial charge is 0.251 e. The minimum Gasteiger partial charge on any atom is -0.366 e. The van der Waals surface area contributed by atoms with Gasteiger partial charge in [-0.25, -0.2) is 19.9 Å². The van der Waals surface area contributed by atoms with Crippen molar-refractivity contribution in [3.63, 3.8) is 0 Å². The third-order valence-corrected chi connectivity index (χ3v) is 6.42. The number of hydrogen-bond donors (Lipinski definition) is 1. The summed E-state index contributed by atoms with van der Waals surface area (Å²) >= 11 is 7.18. The first-order valence-corrected chi connectivity index (χ1v) is 11.4. The van der Waals surface area contributed by atoms with Gasteiger partial charge < -0.3 is 5.73 Å². The maximum absolute atomic E-state index is 12.7. The maximum atomic E-state index is 12.7. The van der Waals surface area contributed by atoms with E-state index < -0.39 is 5.91 Å². The topological polar surface area (TPSA) is 118 Å². The van der Waals surface area contributed by atoms with Gasteiger partial charge in [0.25, 0.3) is 5.91 Å². The molecule has 3 aromatic heterocycles. The molecule has 0 saturated carbocycles. The fraction of sp³-hybridized carbons (Fsp3) is 0. The fourth-order valence-corrected chi connectivity index (χ4v) is 4.66. The standard InChI is InChI=1S/C26H13ClN6OS/c1-2-14-5-3-4-6-18(14)19-11-17(12-28)31-22(21(19)23(29)34)25-33-24-26(35-25)32-20(13-30-24)15-7-9-16(27)10-8-15/h1,3-11,13H,(H2,29,34). The van der Waals surface area contributed by atoms with Crippen molar-refractivity contribution >= 4 is 39.3 Å². The number of amides is 1. The summed E-state index contributed by atoms with van der Waals surface area (Å²) in [6.45, 7) is 0. The zero-order valence-electron chi connectivity index (χ0n) is 17.9. The van der Waals surface area contributed by atoms with E-state index >= 15 is 0 Å². The molecule has 35 heavy (non-hydrogen) atoms. The number of thiazole rings is 1. The van der Waals surface area contributed by atoms with Crippen molar-refractivity contribution in [3.05, 3.63) is 82.6 Å². The summed E-state index contributed by atoms with van der Waals surface area (Å²) in [5.41, 5.74) is 9.60. The number of benzene rings is 2. The molecule has 0 unspecified atom stereocenters. The molecule has 2 aromatic carbocycles. The fourth-order valence-electron chi connectivity index (χ4n) is 3.65.